The molecule has 56 heavy (non-hydrogen) atoms. The van der Waals surface area contributed by atoms with Crippen molar-refractivity contribution in [2.24, 2.45) is 0 Å². The van der Waals surface area contributed by atoms with Crippen molar-refractivity contribution in [3.05, 3.63) is 194 Å². The summed E-state index contributed by atoms with van der Waals surface area (Å²) in [5, 5.41) is 9.90. The minimum Gasteiger partial charge on any atom is -0.264 e. The van der Waals surface area contributed by atoms with Gasteiger partial charge in [0.05, 0.1) is 22.4 Å². The highest BCUT2D eigenvalue weighted by molar-refractivity contribution is 7.22. The number of rotatable bonds is 5. The van der Waals surface area contributed by atoms with Gasteiger partial charge in [-0.2, -0.15) is 0 Å². The van der Waals surface area contributed by atoms with Crippen molar-refractivity contribution < 1.29 is 0 Å². The molecule has 0 spiro atoms. The smallest absolute Gasteiger partial charge is 0.180 e. The summed E-state index contributed by atoms with van der Waals surface area (Å²) in [4.78, 5) is 19.9. The Hall–Kier alpha value is -7.08. The second kappa shape index (κ2) is 12.8. The van der Waals surface area contributed by atoms with Crippen LogP contribution in [0.5, 0.6) is 0 Å². The zero-order chi connectivity index (χ0) is 37.2. The molecular weight excluding hydrogens is 697 g/mol. The highest BCUT2D eigenvalue weighted by atomic mass is 28.3. The molecule has 0 N–H and O–H groups in total. The van der Waals surface area contributed by atoms with Gasteiger partial charge in [0.1, 0.15) is 0 Å². The zero-order valence-electron chi connectivity index (χ0n) is 30.7. The van der Waals surface area contributed by atoms with Gasteiger partial charge in [0.2, 0.25) is 0 Å². The van der Waals surface area contributed by atoms with Crippen LogP contribution < -0.4 is 20.7 Å². The first-order valence-electron chi connectivity index (χ1n) is 19.0. The summed E-state index contributed by atoms with van der Waals surface area (Å²) in [7, 11) is -2.69. The maximum atomic E-state index is 5.49. The molecule has 0 atom stereocenters. The third-order valence-electron chi connectivity index (χ3n) is 11.5. The number of hydrogen-bond acceptors (Lipinski definition) is 4. The van der Waals surface area contributed by atoms with Gasteiger partial charge in [-0.1, -0.05) is 140 Å². The molecular formula is C51H34N4Si. The van der Waals surface area contributed by atoms with Crippen LogP contribution in [-0.4, -0.2) is 28.0 Å². The van der Waals surface area contributed by atoms with E-state index in [0.717, 1.165) is 71.9 Å². The first kappa shape index (κ1) is 32.4. The van der Waals surface area contributed by atoms with Crippen LogP contribution >= 0.6 is 0 Å². The highest BCUT2D eigenvalue weighted by Gasteiger charge is 2.48. The molecule has 5 heterocycles. The van der Waals surface area contributed by atoms with E-state index in [9.17, 15) is 0 Å². The van der Waals surface area contributed by atoms with E-state index >= 15 is 0 Å². The molecule has 262 valence electrons. The average molecular weight is 731 g/mol. The highest BCUT2D eigenvalue weighted by Crippen LogP contribution is 2.36. The minimum absolute atomic E-state index is 0.894. The van der Waals surface area contributed by atoms with E-state index in [2.05, 4.69) is 175 Å². The molecule has 0 fully saturated rings. The summed E-state index contributed by atoms with van der Waals surface area (Å²) < 4.78 is 0. The SMILES string of the molecule is Cc1ccc2ccc3cc(-c4cc(-c5ccc6c(c5)[Si](c5ccccc5)(c5ccccc5)c5ccccc5-6)nc(-c5cccc6ccncc56)c4)cnc3c2n1. The van der Waals surface area contributed by atoms with Crippen molar-refractivity contribution in [1.82, 2.24) is 19.9 Å². The number of aryl methyl sites for hydroxylation is 1. The molecule has 11 rings (SSSR count). The summed E-state index contributed by atoms with van der Waals surface area (Å²) in [5.41, 5.74) is 11.5. The average Bonchev–Trinajstić information content (AvgIpc) is 3.57. The fourth-order valence-corrected chi connectivity index (χ4v) is 14.2. The van der Waals surface area contributed by atoms with E-state index in [0.29, 0.717) is 0 Å². The van der Waals surface area contributed by atoms with Crippen LogP contribution in [0.3, 0.4) is 0 Å². The van der Waals surface area contributed by atoms with E-state index in [-0.39, 0.29) is 0 Å². The number of aromatic nitrogens is 4. The molecule has 4 aromatic heterocycles. The van der Waals surface area contributed by atoms with E-state index in [4.69, 9.17) is 15.0 Å². The maximum Gasteiger partial charge on any atom is 0.180 e. The van der Waals surface area contributed by atoms with Gasteiger partial charge in [0, 0.05) is 57.1 Å². The Morgan fingerprint density at radius 1 is 0.429 bits per heavy atom. The van der Waals surface area contributed by atoms with Crippen LogP contribution in [0, 0.1) is 6.92 Å². The molecule has 0 saturated carbocycles. The lowest BCUT2D eigenvalue weighted by atomic mass is 9.97. The topological polar surface area (TPSA) is 51.6 Å². The van der Waals surface area contributed by atoms with Crippen molar-refractivity contribution in [2.45, 2.75) is 6.92 Å². The summed E-state index contributed by atoms with van der Waals surface area (Å²) in [5.74, 6) is 0. The molecule has 0 saturated heterocycles. The second-order valence-electron chi connectivity index (χ2n) is 14.7. The molecule has 5 heteroatoms. The summed E-state index contributed by atoms with van der Waals surface area (Å²) in [6.07, 6.45) is 5.78. The Kier molecular flexibility index (Phi) is 7.37. The molecule has 0 radical (unpaired) electrons. The van der Waals surface area contributed by atoms with Crippen LogP contribution in [0.4, 0.5) is 0 Å². The van der Waals surface area contributed by atoms with Gasteiger partial charge in [-0.15, -0.1) is 0 Å². The fourth-order valence-electron chi connectivity index (χ4n) is 8.96. The van der Waals surface area contributed by atoms with Gasteiger partial charge < -0.3 is 0 Å². The van der Waals surface area contributed by atoms with Crippen molar-refractivity contribution in [3.8, 4) is 44.8 Å². The van der Waals surface area contributed by atoms with Gasteiger partial charge in [-0.25, -0.2) is 4.98 Å². The molecule has 1 aliphatic heterocycles. The minimum atomic E-state index is -2.69. The number of hydrogen-bond donors (Lipinski definition) is 0. The quantitative estimate of drug-likeness (QED) is 0.131. The lowest BCUT2D eigenvalue weighted by Gasteiger charge is -2.31. The first-order chi connectivity index (χ1) is 27.6. The first-order valence-corrected chi connectivity index (χ1v) is 21.0. The van der Waals surface area contributed by atoms with Crippen LogP contribution in [0.15, 0.2) is 188 Å². The fraction of sp³-hybridized carbons (Fsp3) is 0.0196. The molecule has 0 unspecified atom stereocenters. The monoisotopic (exact) mass is 730 g/mol. The van der Waals surface area contributed by atoms with Gasteiger partial charge in [0.15, 0.2) is 8.07 Å². The Morgan fingerprint density at radius 3 is 1.98 bits per heavy atom. The van der Waals surface area contributed by atoms with Crippen molar-refractivity contribution in [3.63, 3.8) is 0 Å². The van der Waals surface area contributed by atoms with Gasteiger partial charge in [0.25, 0.3) is 0 Å². The normalized spacial score (nSPS) is 12.9. The molecule has 4 nitrogen and oxygen atoms in total. The van der Waals surface area contributed by atoms with Gasteiger partial charge >= 0.3 is 0 Å². The molecule has 1 aliphatic rings. The lowest BCUT2D eigenvalue weighted by Crippen LogP contribution is -2.72. The van der Waals surface area contributed by atoms with Crippen molar-refractivity contribution in [2.75, 3.05) is 0 Å². The molecule has 6 aromatic carbocycles. The van der Waals surface area contributed by atoms with Crippen molar-refractivity contribution in [1.29, 1.82) is 0 Å². The van der Waals surface area contributed by atoms with E-state index in [1.165, 1.54) is 31.9 Å². The lowest BCUT2D eigenvalue weighted by molar-refractivity contribution is 1.25. The Morgan fingerprint density at radius 2 is 1.14 bits per heavy atom. The third kappa shape index (κ3) is 4.98. The molecule has 0 aliphatic carbocycles. The third-order valence-corrected chi connectivity index (χ3v) is 16.4. The van der Waals surface area contributed by atoms with Crippen LogP contribution in [0.1, 0.15) is 5.69 Å². The summed E-state index contributed by atoms with van der Waals surface area (Å²) >= 11 is 0. The number of nitrogens with zero attached hydrogens (tertiary/aromatic N) is 4. The zero-order valence-corrected chi connectivity index (χ0v) is 31.7. The van der Waals surface area contributed by atoms with Gasteiger partial charge in [-0.05, 0) is 80.1 Å². The van der Waals surface area contributed by atoms with E-state index < -0.39 is 8.07 Å². The molecule has 10 aromatic rings. The van der Waals surface area contributed by atoms with Crippen LogP contribution in [0.2, 0.25) is 0 Å². The predicted octanol–water partition coefficient (Wildman–Crippen LogP) is 9.39. The molecule has 0 bridgehead atoms. The van der Waals surface area contributed by atoms with Gasteiger partial charge in [-0.3, -0.25) is 15.0 Å². The Balaban J connectivity index is 1.16. The molecule has 0 amide bonds. The van der Waals surface area contributed by atoms with E-state index in [1.807, 2.05) is 25.5 Å². The maximum absolute atomic E-state index is 5.49. The van der Waals surface area contributed by atoms with E-state index in [1.54, 1.807) is 0 Å². The standard InChI is InChI=1S/C51H34N4Si/c1-33-19-20-35-21-22-37-27-39(31-53-50(37)51(35)54-33)38-28-46(55-47(29-38)42-17-10-11-34-25-26-52-32-45(34)42)36-23-24-44-43-16-8-9-18-48(43)56(49(44)30-36,40-12-4-2-5-13-40)41-14-6-3-7-15-41/h2-32H,1H3. The predicted molar refractivity (Wildman–Crippen MR) is 234 cm³/mol. The number of benzene rings is 6. The Bertz CT molecular complexity index is 3120. The summed E-state index contributed by atoms with van der Waals surface area (Å²) in [6.45, 7) is 2.03. The number of fused-ring (bicyclic) bond motifs is 7. The second-order valence-corrected chi connectivity index (χ2v) is 18.4. The largest absolute Gasteiger partial charge is 0.264 e. The summed E-state index contributed by atoms with van der Waals surface area (Å²) in [6, 6.07) is 62.0. The van der Waals surface area contributed by atoms with Crippen molar-refractivity contribution >= 4 is 61.4 Å². The number of pyridine rings is 4. The van der Waals surface area contributed by atoms with Crippen LogP contribution in [0.25, 0.3) is 77.3 Å². The Labute approximate surface area is 325 Å². The van der Waals surface area contributed by atoms with Crippen LogP contribution in [-0.2, 0) is 0 Å².